The zero-order valence-corrected chi connectivity index (χ0v) is 23.2. The number of anilines is 1. The van der Waals surface area contributed by atoms with E-state index in [4.69, 9.17) is 4.74 Å². The smallest absolute Gasteiger partial charge is 0.246 e. The number of carbonyl (C=O) groups excluding carboxylic acids is 1. The number of rotatable bonds is 8. The quantitative estimate of drug-likeness (QED) is 0.552. The van der Waals surface area contributed by atoms with E-state index in [0.29, 0.717) is 24.3 Å². The van der Waals surface area contributed by atoms with Gasteiger partial charge in [-0.05, 0) is 61.1 Å². The molecule has 11 heteroatoms. The van der Waals surface area contributed by atoms with E-state index < -0.39 is 26.0 Å². The Morgan fingerprint density at radius 1 is 1.06 bits per heavy atom. The van der Waals surface area contributed by atoms with Crippen molar-refractivity contribution in [1.82, 2.24) is 8.61 Å². The lowest BCUT2D eigenvalue weighted by Gasteiger charge is -2.31. The summed E-state index contributed by atoms with van der Waals surface area (Å²) in [7, 11) is -3.10. The number of carbonyl (C=O) groups is 1. The molecule has 1 N–H and O–H groups in total. The topological polar surface area (TPSA) is 113 Å². The first-order chi connectivity index (χ1) is 16.8. The van der Waals surface area contributed by atoms with Crippen LogP contribution in [0.2, 0.25) is 0 Å². The molecule has 0 aromatic heterocycles. The summed E-state index contributed by atoms with van der Waals surface area (Å²) in [6, 6.07) is 9.81. The van der Waals surface area contributed by atoms with Crippen LogP contribution in [0.25, 0.3) is 0 Å². The number of hydrogen-bond donors (Lipinski definition) is 1. The van der Waals surface area contributed by atoms with Crippen molar-refractivity contribution in [2.24, 2.45) is 5.92 Å². The normalized spacial score (nSPS) is 15.9. The summed E-state index contributed by atoms with van der Waals surface area (Å²) in [5.74, 6) is -0.195. The summed E-state index contributed by atoms with van der Waals surface area (Å²) in [6.45, 7) is 6.17. The van der Waals surface area contributed by atoms with Gasteiger partial charge in [-0.25, -0.2) is 21.1 Å². The van der Waals surface area contributed by atoms with Crippen LogP contribution in [0.1, 0.15) is 43.7 Å². The lowest BCUT2D eigenvalue weighted by atomic mass is 9.97. The molecule has 0 aliphatic carbocycles. The van der Waals surface area contributed by atoms with Crippen molar-refractivity contribution in [3.05, 3.63) is 47.5 Å². The van der Waals surface area contributed by atoms with Gasteiger partial charge in [0.2, 0.25) is 26.0 Å². The number of hydrogen-bond acceptors (Lipinski definition) is 6. The zero-order valence-electron chi connectivity index (χ0n) is 21.6. The largest absolute Gasteiger partial charge is 0.495 e. The third kappa shape index (κ3) is 5.74. The van der Waals surface area contributed by atoms with E-state index in [1.807, 2.05) is 19.9 Å². The van der Waals surface area contributed by atoms with Crippen LogP contribution in [-0.4, -0.2) is 65.6 Å². The van der Waals surface area contributed by atoms with Crippen LogP contribution in [0, 0.1) is 12.8 Å². The highest BCUT2D eigenvalue weighted by Gasteiger charge is 2.34. The first-order valence-electron chi connectivity index (χ1n) is 11.8. The maximum atomic E-state index is 13.4. The number of nitrogens with zero attached hydrogens (tertiary/aromatic N) is 2. The van der Waals surface area contributed by atoms with Gasteiger partial charge in [0.05, 0.1) is 12.0 Å². The predicted molar refractivity (Wildman–Crippen MR) is 139 cm³/mol. The number of ether oxygens (including phenoxy) is 1. The van der Waals surface area contributed by atoms with E-state index in [2.05, 4.69) is 5.32 Å². The molecule has 2 aromatic carbocycles. The van der Waals surface area contributed by atoms with Gasteiger partial charge in [0.25, 0.3) is 0 Å². The molecule has 0 unspecified atom stereocenters. The van der Waals surface area contributed by atoms with Gasteiger partial charge in [0.15, 0.2) is 0 Å². The summed E-state index contributed by atoms with van der Waals surface area (Å²) < 4.78 is 59.6. The molecule has 0 saturated carbocycles. The second-order valence-corrected chi connectivity index (χ2v) is 13.6. The first kappa shape index (κ1) is 28.1. The Balaban J connectivity index is 1.74. The van der Waals surface area contributed by atoms with E-state index in [0.717, 1.165) is 15.4 Å². The second kappa shape index (κ2) is 10.9. The van der Waals surface area contributed by atoms with Crippen LogP contribution >= 0.6 is 0 Å². The molecular weight excluding hydrogens is 502 g/mol. The third-order valence-corrected chi connectivity index (χ3v) is 10.3. The summed E-state index contributed by atoms with van der Waals surface area (Å²) >= 11 is 0. The van der Waals surface area contributed by atoms with Gasteiger partial charge >= 0.3 is 0 Å². The van der Waals surface area contributed by atoms with Crippen LogP contribution in [0.15, 0.2) is 46.2 Å². The molecule has 1 heterocycles. The van der Waals surface area contributed by atoms with Gasteiger partial charge in [-0.2, -0.15) is 4.31 Å². The molecule has 1 saturated heterocycles. The third-order valence-electron chi connectivity index (χ3n) is 6.54. The second-order valence-electron chi connectivity index (χ2n) is 9.50. The summed E-state index contributed by atoms with van der Waals surface area (Å²) in [5.41, 5.74) is 2.06. The van der Waals surface area contributed by atoms with Gasteiger partial charge in [0.1, 0.15) is 10.6 Å². The highest BCUT2D eigenvalue weighted by molar-refractivity contribution is 7.89. The predicted octanol–water partition coefficient (Wildman–Crippen LogP) is 3.42. The molecule has 1 aliphatic heterocycles. The SMILES string of the molecule is COc1ccc(C(C)C)cc1S(=O)(=O)N1CCC(C(=O)Nc2cc(S(=O)(=O)N(C)C)ccc2C)CC1. The molecular formula is C25H35N3O6S2. The molecule has 2 aromatic rings. The molecule has 9 nitrogen and oxygen atoms in total. The average Bonchev–Trinajstić information content (AvgIpc) is 2.84. The summed E-state index contributed by atoms with van der Waals surface area (Å²) in [6.07, 6.45) is 0.706. The number of benzene rings is 2. The summed E-state index contributed by atoms with van der Waals surface area (Å²) in [4.78, 5) is 13.2. The van der Waals surface area contributed by atoms with Crippen molar-refractivity contribution >= 4 is 31.6 Å². The molecule has 0 radical (unpaired) electrons. The highest BCUT2D eigenvalue weighted by atomic mass is 32.2. The van der Waals surface area contributed by atoms with E-state index >= 15 is 0 Å². The minimum Gasteiger partial charge on any atom is -0.495 e. The van der Waals surface area contributed by atoms with Crippen molar-refractivity contribution in [3.63, 3.8) is 0 Å². The standard InChI is InChI=1S/C25H35N3O6S2/c1-17(2)20-8-10-23(34-6)24(15-20)36(32,33)28-13-11-19(12-14-28)25(29)26-22-16-21(9-7-18(22)3)35(30,31)27(4)5/h7-10,15-17,19H,11-14H2,1-6H3,(H,26,29). The van der Waals surface area contributed by atoms with Crippen LogP contribution in [0.3, 0.4) is 0 Å². The first-order valence-corrected chi connectivity index (χ1v) is 14.7. The molecule has 198 valence electrons. The molecule has 0 atom stereocenters. The Bertz CT molecular complexity index is 1330. The fourth-order valence-electron chi connectivity index (χ4n) is 4.09. The van der Waals surface area contributed by atoms with E-state index in [-0.39, 0.29) is 34.7 Å². The van der Waals surface area contributed by atoms with Crippen molar-refractivity contribution < 1.29 is 26.4 Å². The van der Waals surface area contributed by atoms with Crippen molar-refractivity contribution in [2.75, 3.05) is 39.6 Å². The number of piperidine rings is 1. The van der Waals surface area contributed by atoms with Gasteiger partial charge in [-0.15, -0.1) is 0 Å². The molecule has 1 fully saturated rings. The molecule has 0 spiro atoms. The minimum absolute atomic E-state index is 0.0897. The highest BCUT2D eigenvalue weighted by Crippen LogP contribution is 2.33. The maximum absolute atomic E-state index is 13.4. The number of methoxy groups -OCH3 is 1. The molecule has 36 heavy (non-hydrogen) atoms. The van der Waals surface area contributed by atoms with E-state index in [1.54, 1.807) is 25.1 Å². The van der Waals surface area contributed by atoms with Crippen molar-refractivity contribution in [1.29, 1.82) is 0 Å². The fourth-order valence-corrected chi connectivity index (χ4v) is 6.68. The van der Waals surface area contributed by atoms with Crippen molar-refractivity contribution in [3.8, 4) is 5.75 Å². The lowest BCUT2D eigenvalue weighted by Crippen LogP contribution is -2.41. The Morgan fingerprint density at radius 3 is 2.25 bits per heavy atom. The maximum Gasteiger partial charge on any atom is 0.246 e. The number of nitrogens with one attached hydrogen (secondary N) is 1. The van der Waals surface area contributed by atoms with Crippen LogP contribution < -0.4 is 10.1 Å². The molecule has 0 bridgehead atoms. The number of sulfonamides is 2. The number of aryl methyl sites for hydroxylation is 1. The fraction of sp³-hybridized carbons (Fsp3) is 0.480. The van der Waals surface area contributed by atoms with Crippen LogP contribution in [-0.2, 0) is 24.8 Å². The van der Waals surface area contributed by atoms with Crippen molar-refractivity contribution in [2.45, 2.75) is 49.3 Å². The Kier molecular flexibility index (Phi) is 8.49. The van der Waals surface area contributed by atoms with Gasteiger partial charge in [-0.3, -0.25) is 4.79 Å². The van der Waals surface area contributed by atoms with Crippen LogP contribution in [0.4, 0.5) is 5.69 Å². The minimum atomic E-state index is -3.80. The Labute approximate surface area is 214 Å². The van der Waals surface area contributed by atoms with Crippen LogP contribution in [0.5, 0.6) is 5.75 Å². The monoisotopic (exact) mass is 537 g/mol. The molecule has 1 aliphatic rings. The Morgan fingerprint density at radius 2 is 1.69 bits per heavy atom. The molecule has 3 rings (SSSR count). The van der Waals surface area contributed by atoms with E-state index in [9.17, 15) is 21.6 Å². The van der Waals surface area contributed by atoms with Gasteiger partial charge in [0, 0.05) is 38.8 Å². The van der Waals surface area contributed by atoms with Gasteiger partial charge < -0.3 is 10.1 Å². The number of amides is 1. The summed E-state index contributed by atoms with van der Waals surface area (Å²) in [5, 5.41) is 2.84. The average molecular weight is 538 g/mol. The molecule has 1 amide bonds. The lowest BCUT2D eigenvalue weighted by molar-refractivity contribution is -0.120. The zero-order chi connectivity index (χ0) is 26.8. The Hall–Kier alpha value is -2.47. The van der Waals surface area contributed by atoms with E-state index in [1.165, 1.54) is 37.6 Å². The van der Waals surface area contributed by atoms with Gasteiger partial charge in [-0.1, -0.05) is 26.0 Å².